The second-order valence-corrected chi connectivity index (χ2v) is 3.20. The van der Waals surface area contributed by atoms with Crippen molar-refractivity contribution in [3.05, 3.63) is 16.6 Å². The molecule has 0 spiro atoms. The highest BCUT2D eigenvalue weighted by molar-refractivity contribution is 7.09. The van der Waals surface area contributed by atoms with Crippen LogP contribution in [-0.4, -0.2) is 22.2 Å². The minimum Gasteiger partial charge on any atom is -0.479 e. The average molecular weight is 187 g/mol. The summed E-state index contributed by atoms with van der Waals surface area (Å²) in [6.45, 7) is 1.76. The lowest BCUT2D eigenvalue weighted by Gasteiger charge is -2.05. The number of rotatable bonds is 4. The maximum Gasteiger partial charge on any atom is 0.332 e. The van der Waals surface area contributed by atoms with Gasteiger partial charge in [0.25, 0.3) is 0 Å². The zero-order valence-electron chi connectivity index (χ0n) is 6.56. The maximum absolute atomic E-state index is 10.3. The first kappa shape index (κ1) is 9.15. The van der Waals surface area contributed by atoms with Gasteiger partial charge >= 0.3 is 5.97 Å². The molecule has 0 amide bonds. The van der Waals surface area contributed by atoms with Crippen LogP contribution in [0.3, 0.4) is 0 Å². The molecule has 1 rings (SSSR count). The van der Waals surface area contributed by atoms with Crippen molar-refractivity contribution in [2.24, 2.45) is 0 Å². The Morgan fingerprint density at radius 3 is 3.17 bits per heavy atom. The van der Waals surface area contributed by atoms with Gasteiger partial charge in [-0.25, -0.2) is 9.78 Å². The highest BCUT2D eigenvalue weighted by atomic mass is 32.1. The predicted octanol–water partition coefficient (Wildman–Crippen LogP) is 1.13. The Kier molecular flexibility index (Phi) is 3.19. The minimum atomic E-state index is -0.952. The van der Waals surface area contributed by atoms with Crippen LogP contribution in [0.1, 0.15) is 11.9 Å². The topological polar surface area (TPSA) is 59.4 Å². The summed E-state index contributed by atoms with van der Waals surface area (Å²) in [4.78, 5) is 14.3. The van der Waals surface area contributed by atoms with Crippen LogP contribution in [0.15, 0.2) is 11.6 Å². The Morgan fingerprint density at radius 2 is 2.67 bits per heavy atom. The average Bonchev–Trinajstić information content (AvgIpc) is 2.51. The van der Waals surface area contributed by atoms with Gasteiger partial charge in [-0.3, -0.25) is 0 Å². The molecule has 0 bridgehead atoms. The zero-order valence-corrected chi connectivity index (χ0v) is 7.37. The molecule has 0 aliphatic rings. The number of nitrogens with zero attached hydrogens (tertiary/aromatic N) is 1. The number of hydrogen-bond acceptors (Lipinski definition) is 4. The van der Waals surface area contributed by atoms with Gasteiger partial charge in [-0.05, 0) is 6.92 Å². The van der Waals surface area contributed by atoms with Crippen molar-refractivity contribution in [1.82, 2.24) is 4.98 Å². The third-order valence-corrected chi connectivity index (χ3v) is 2.04. The molecule has 1 heterocycles. The largest absolute Gasteiger partial charge is 0.479 e. The number of carboxylic acid groups (broad SMARTS) is 1. The van der Waals surface area contributed by atoms with Crippen molar-refractivity contribution >= 4 is 17.3 Å². The molecule has 1 aromatic rings. The zero-order chi connectivity index (χ0) is 8.97. The lowest BCUT2D eigenvalue weighted by molar-refractivity contribution is -0.149. The van der Waals surface area contributed by atoms with Gasteiger partial charge in [-0.2, -0.15) is 0 Å². The Bertz CT molecular complexity index is 247. The van der Waals surface area contributed by atoms with E-state index in [1.54, 1.807) is 6.20 Å². The molecule has 0 saturated heterocycles. The van der Waals surface area contributed by atoms with Gasteiger partial charge in [-0.1, -0.05) is 0 Å². The highest BCUT2D eigenvalue weighted by Gasteiger charge is 2.11. The molecule has 12 heavy (non-hydrogen) atoms. The summed E-state index contributed by atoms with van der Waals surface area (Å²) in [5, 5.41) is 11.1. The van der Waals surface area contributed by atoms with E-state index in [-0.39, 0.29) is 6.61 Å². The van der Waals surface area contributed by atoms with Crippen LogP contribution in [0, 0.1) is 0 Å². The summed E-state index contributed by atoms with van der Waals surface area (Å²) in [6, 6.07) is 0. The Labute approximate surface area is 73.8 Å². The first-order valence-corrected chi connectivity index (χ1v) is 4.31. The Balaban J connectivity index is 2.31. The molecular formula is C7H9NO3S. The van der Waals surface area contributed by atoms with Crippen LogP contribution in [0.4, 0.5) is 0 Å². The molecule has 0 aromatic carbocycles. The standard InChI is InChI=1S/C7H9NO3S/c1-5(7(9)10)11-4-6-8-2-3-12-6/h2-3,5H,4H2,1H3,(H,9,10)/t5-/m0/s1. The molecule has 0 radical (unpaired) electrons. The van der Waals surface area contributed by atoms with Crippen LogP contribution in [0.5, 0.6) is 0 Å². The molecule has 1 aromatic heterocycles. The molecular weight excluding hydrogens is 178 g/mol. The van der Waals surface area contributed by atoms with Gasteiger partial charge in [0.05, 0.1) is 6.61 Å². The van der Waals surface area contributed by atoms with Gasteiger partial charge < -0.3 is 9.84 Å². The van der Waals surface area contributed by atoms with E-state index in [9.17, 15) is 4.79 Å². The molecule has 1 atom stereocenters. The normalized spacial score (nSPS) is 12.8. The van der Waals surface area contributed by atoms with E-state index >= 15 is 0 Å². The molecule has 0 aliphatic carbocycles. The van der Waals surface area contributed by atoms with Crippen molar-refractivity contribution < 1.29 is 14.6 Å². The van der Waals surface area contributed by atoms with E-state index in [1.165, 1.54) is 18.3 Å². The SMILES string of the molecule is C[C@H](OCc1nccs1)C(=O)O. The van der Waals surface area contributed by atoms with E-state index in [4.69, 9.17) is 9.84 Å². The summed E-state index contributed by atoms with van der Waals surface area (Å²) in [5.74, 6) is -0.952. The fraction of sp³-hybridized carbons (Fsp3) is 0.429. The lowest BCUT2D eigenvalue weighted by atomic mass is 10.4. The van der Waals surface area contributed by atoms with E-state index < -0.39 is 12.1 Å². The number of aromatic nitrogens is 1. The third kappa shape index (κ3) is 2.60. The van der Waals surface area contributed by atoms with Crippen molar-refractivity contribution in [3.63, 3.8) is 0 Å². The third-order valence-electron chi connectivity index (χ3n) is 1.29. The van der Waals surface area contributed by atoms with E-state index in [0.717, 1.165) is 5.01 Å². The van der Waals surface area contributed by atoms with E-state index in [1.807, 2.05) is 5.38 Å². The van der Waals surface area contributed by atoms with Gasteiger partial charge in [0.1, 0.15) is 5.01 Å². The van der Waals surface area contributed by atoms with Crippen molar-refractivity contribution in [2.75, 3.05) is 0 Å². The molecule has 1 N–H and O–H groups in total. The first-order valence-electron chi connectivity index (χ1n) is 3.43. The summed E-state index contributed by atoms with van der Waals surface area (Å²) >= 11 is 1.45. The number of carbonyl (C=O) groups is 1. The minimum absolute atomic E-state index is 0.269. The van der Waals surface area contributed by atoms with E-state index in [2.05, 4.69) is 4.98 Å². The van der Waals surface area contributed by atoms with Crippen LogP contribution >= 0.6 is 11.3 Å². The molecule has 5 heteroatoms. The van der Waals surface area contributed by atoms with Crippen LogP contribution in [-0.2, 0) is 16.1 Å². The van der Waals surface area contributed by atoms with Crippen LogP contribution in [0.25, 0.3) is 0 Å². The first-order chi connectivity index (χ1) is 5.70. The lowest BCUT2D eigenvalue weighted by Crippen LogP contribution is -2.19. The fourth-order valence-electron chi connectivity index (χ4n) is 0.592. The van der Waals surface area contributed by atoms with Gasteiger partial charge in [-0.15, -0.1) is 11.3 Å². The van der Waals surface area contributed by atoms with Crippen molar-refractivity contribution in [3.8, 4) is 0 Å². The molecule has 0 unspecified atom stereocenters. The van der Waals surface area contributed by atoms with Crippen LogP contribution in [0.2, 0.25) is 0 Å². The summed E-state index contributed by atoms with van der Waals surface area (Å²) in [7, 11) is 0. The van der Waals surface area contributed by atoms with Gasteiger partial charge in [0.15, 0.2) is 6.10 Å². The number of aliphatic carboxylic acids is 1. The van der Waals surface area contributed by atoms with Gasteiger partial charge in [0.2, 0.25) is 0 Å². The molecule has 0 aliphatic heterocycles. The van der Waals surface area contributed by atoms with Crippen LogP contribution < -0.4 is 0 Å². The summed E-state index contributed by atoms with van der Waals surface area (Å²) < 4.78 is 5.00. The smallest absolute Gasteiger partial charge is 0.332 e. The highest BCUT2D eigenvalue weighted by Crippen LogP contribution is 2.06. The number of hydrogen-bond donors (Lipinski definition) is 1. The number of carboxylic acids is 1. The summed E-state index contributed by atoms with van der Waals surface area (Å²) in [6.07, 6.45) is 0.892. The Hall–Kier alpha value is -0.940. The quantitative estimate of drug-likeness (QED) is 0.767. The Morgan fingerprint density at radius 1 is 1.92 bits per heavy atom. The number of ether oxygens (including phenoxy) is 1. The predicted molar refractivity (Wildman–Crippen MR) is 44.0 cm³/mol. The fourth-order valence-corrected chi connectivity index (χ4v) is 1.13. The second-order valence-electron chi connectivity index (χ2n) is 2.22. The molecule has 0 saturated carbocycles. The summed E-state index contributed by atoms with van der Waals surface area (Å²) in [5.41, 5.74) is 0. The maximum atomic E-state index is 10.3. The van der Waals surface area contributed by atoms with Crippen molar-refractivity contribution in [1.29, 1.82) is 0 Å². The van der Waals surface area contributed by atoms with Crippen molar-refractivity contribution in [2.45, 2.75) is 19.6 Å². The number of thiazole rings is 1. The molecule has 66 valence electrons. The van der Waals surface area contributed by atoms with Gasteiger partial charge in [0, 0.05) is 11.6 Å². The monoisotopic (exact) mass is 187 g/mol. The second kappa shape index (κ2) is 4.18. The van der Waals surface area contributed by atoms with E-state index in [0.29, 0.717) is 0 Å². The molecule has 0 fully saturated rings. The molecule has 4 nitrogen and oxygen atoms in total.